The number of hydrogen-bond acceptors (Lipinski definition) is 4. The first kappa shape index (κ1) is 14.7. The molecule has 1 amide bonds. The number of benzene rings is 1. The average molecular weight is 282 g/mol. The number of rotatable bonds is 4. The smallest absolute Gasteiger partial charge is 0.260 e. The molecule has 0 radical (unpaired) electrons. The van der Waals surface area contributed by atoms with Gasteiger partial charge in [0.15, 0.2) is 6.61 Å². The summed E-state index contributed by atoms with van der Waals surface area (Å²) in [6.07, 6.45) is 0. The minimum atomic E-state index is -0.414. The number of ether oxygens (including phenoxy) is 2. The van der Waals surface area contributed by atoms with E-state index in [1.54, 1.807) is 17.9 Å². The first-order valence-corrected chi connectivity index (χ1v) is 6.61. The van der Waals surface area contributed by atoms with Crippen molar-refractivity contribution in [2.45, 2.75) is 13.0 Å². The molecule has 110 valence electrons. The highest BCUT2D eigenvalue weighted by atomic mass is 19.1. The molecule has 6 heteroatoms. The first-order chi connectivity index (χ1) is 9.58. The molecule has 1 unspecified atom stereocenters. The Balaban J connectivity index is 1.99. The molecule has 1 aromatic carbocycles. The van der Waals surface area contributed by atoms with Crippen LogP contribution in [0.5, 0.6) is 5.75 Å². The van der Waals surface area contributed by atoms with Gasteiger partial charge in [0.1, 0.15) is 11.6 Å². The van der Waals surface area contributed by atoms with E-state index in [0.717, 1.165) is 0 Å². The van der Waals surface area contributed by atoms with Crippen molar-refractivity contribution in [3.8, 4) is 5.75 Å². The monoisotopic (exact) mass is 282 g/mol. The zero-order valence-electron chi connectivity index (χ0n) is 11.5. The van der Waals surface area contributed by atoms with Crippen LogP contribution in [0.4, 0.5) is 4.39 Å². The topological polar surface area (TPSA) is 64.8 Å². The summed E-state index contributed by atoms with van der Waals surface area (Å²) in [6.45, 7) is 3.86. The maximum atomic E-state index is 13.3. The van der Waals surface area contributed by atoms with Crippen LogP contribution in [0.3, 0.4) is 0 Å². The molecule has 1 aliphatic heterocycles. The van der Waals surface area contributed by atoms with E-state index >= 15 is 0 Å². The van der Waals surface area contributed by atoms with E-state index in [9.17, 15) is 9.18 Å². The van der Waals surface area contributed by atoms with Gasteiger partial charge < -0.3 is 20.1 Å². The van der Waals surface area contributed by atoms with Crippen molar-refractivity contribution >= 4 is 5.91 Å². The zero-order chi connectivity index (χ0) is 14.5. The number of amides is 1. The molecule has 0 aromatic heterocycles. The molecule has 2 N–H and O–H groups in total. The SMILES string of the molecule is CC(N)c1ccc(F)cc1OCC(=O)N1CCOCC1. The van der Waals surface area contributed by atoms with E-state index in [2.05, 4.69) is 0 Å². The molecule has 1 aromatic rings. The number of halogens is 1. The van der Waals surface area contributed by atoms with Gasteiger partial charge in [0.2, 0.25) is 0 Å². The molecule has 0 aliphatic carbocycles. The van der Waals surface area contributed by atoms with Crippen LogP contribution in [0.25, 0.3) is 0 Å². The molecule has 2 rings (SSSR count). The van der Waals surface area contributed by atoms with Crippen LogP contribution in [-0.2, 0) is 9.53 Å². The summed E-state index contributed by atoms with van der Waals surface area (Å²) in [5.41, 5.74) is 6.48. The third-order valence-electron chi connectivity index (χ3n) is 3.18. The maximum Gasteiger partial charge on any atom is 0.260 e. The Morgan fingerprint density at radius 3 is 2.85 bits per heavy atom. The molecule has 1 atom stereocenters. The lowest BCUT2D eigenvalue weighted by molar-refractivity contribution is -0.137. The van der Waals surface area contributed by atoms with Crippen LogP contribution >= 0.6 is 0 Å². The Hall–Kier alpha value is -1.66. The van der Waals surface area contributed by atoms with E-state index in [-0.39, 0.29) is 18.6 Å². The van der Waals surface area contributed by atoms with E-state index < -0.39 is 5.82 Å². The van der Waals surface area contributed by atoms with Gasteiger partial charge in [-0.1, -0.05) is 6.07 Å². The largest absolute Gasteiger partial charge is 0.483 e. The predicted molar refractivity (Wildman–Crippen MR) is 71.9 cm³/mol. The summed E-state index contributed by atoms with van der Waals surface area (Å²) in [6, 6.07) is 3.87. The molecule has 20 heavy (non-hydrogen) atoms. The van der Waals surface area contributed by atoms with Crippen LogP contribution in [0.15, 0.2) is 18.2 Å². The third kappa shape index (κ3) is 3.68. The number of carbonyl (C=O) groups excluding carboxylic acids is 1. The molecule has 5 nitrogen and oxygen atoms in total. The van der Waals surface area contributed by atoms with Crippen molar-refractivity contribution < 1.29 is 18.7 Å². The number of nitrogens with two attached hydrogens (primary N) is 1. The van der Waals surface area contributed by atoms with Crippen molar-refractivity contribution in [3.63, 3.8) is 0 Å². The third-order valence-corrected chi connectivity index (χ3v) is 3.18. The summed E-state index contributed by atoms with van der Waals surface area (Å²) in [4.78, 5) is 13.6. The van der Waals surface area contributed by atoms with Gasteiger partial charge in [-0.3, -0.25) is 4.79 Å². The summed E-state index contributed by atoms with van der Waals surface area (Å²) in [5.74, 6) is -0.224. The standard InChI is InChI=1S/C14H19FN2O3/c1-10(16)12-3-2-11(15)8-13(12)20-9-14(18)17-4-6-19-7-5-17/h2-3,8,10H,4-7,9,16H2,1H3. The van der Waals surface area contributed by atoms with Gasteiger partial charge in [-0.05, 0) is 13.0 Å². The van der Waals surface area contributed by atoms with Gasteiger partial charge >= 0.3 is 0 Å². The Morgan fingerprint density at radius 1 is 1.50 bits per heavy atom. The first-order valence-electron chi connectivity index (χ1n) is 6.61. The molecular formula is C14H19FN2O3. The van der Waals surface area contributed by atoms with Crippen LogP contribution in [0.2, 0.25) is 0 Å². The second-order valence-electron chi connectivity index (χ2n) is 4.75. The molecule has 0 saturated carbocycles. The van der Waals surface area contributed by atoms with Gasteiger partial charge in [-0.2, -0.15) is 0 Å². The van der Waals surface area contributed by atoms with Gasteiger partial charge in [-0.25, -0.2) is 4.39 Å². The molecular weight excluding hydrogens is 263 g/mol. The lowest BCUT2D eigenvalue weighted by Gasteiger charge is -2.27. The van der Waals surface area contributed by atoms with Gasteiger partial charge in [0.05, 0.1) is 13.2 Å². The molecule has 1 aliphatic rings. The van der Waals surface area contributed by atoms with Crippen LogP contribution < -0.4 is 10.5 Å². The van der Waals surface area contributed by atoms with Crippen molar-refractivity contribution in [1.82, 2.24) is 4.90 Å². The van der Waals surface area contributed by atoms with Gasteiger partial charge in [0, 0.05) is 30.8 Å². The van der Waals surface area contributed by atoms with Crippen LogP contribution in [0.1, 0.15) is 18.5 Å². The fraction of sp³-hybridized carbons (Fsp3) is 0.500. The lowest BCUT2D eigenvalue weighted by atomic mass is 10.1. The second-order valence-corrected chi connectivity index (χ2v) is 4.75. The highest BCUT2D eigenvalue weighted by Gasteiger charge is 2.18. The van der Waals surface area contributed by atoms with Gasteiger partial charge in [-0.15, -0.1) is 0 Å². The summed E-state index contributed by atoms with van der Waals surface area (Å²) < 4.78 is 23.9. The fourth-order valence-electron chi connectivity index (χ4n) is 2.05. The Morgan fingerprint density at radius 2 is 2.20 bits per heavy atom. The van der Waals surface area contributed by atoms with Crippen LogP contribution in [0, 0.1) is 5.82 Å². The number of carbonyl (C=O) groups is 1. The molecule has 0 spiro atoms. The lowest BCUT2D eigenvalue weighted by Crippen LogP contribution is -2.43. The Labute approximate surface area is 117 Å². The van der Waals surface area contributed by atoms with Crippen molar-refractivity contribution in [1.29, 1.82) is 0 Å². The summed E-state index contributed by atoms with van der Waals surface area (Å²) in [7, 11) is 0. The van der Waals surface area contributed by atoms with E-state index in [4.69, 9.17) is 15.2 Å². The maximum absolute atomic E-state index is 13.3. The van der Waals surface area contributed by atoms with Gasteiger partial charge in [0.25, 0.3) is 5.91 Å². The summed E-state index contributed by atoms with van der Waals surface area (Å²) in [5, 5.41) is 0. The highest BCUT2D eigenvalue weighted by Crippen LogP contribution is 2.24. The molecule has 1 heterocycles. The molecule has 1 saturated heterocycles. The Kier molecular flexibility index (Phi) is 4.92. The second kappa shape index (κ2) is 6.67. The predicted octanol–water partition coefficient (Wildman–Crippen LogP) is 1.08. The number of hydrogen-bond donors (Lipinski definition) is 1. The average Bonchev–Trinajstić information content (AvgIpc) is 2.45. The number of nitrogens with zero attached hydrogens (tertiary/aromatic N) is 1. The van der Waals surface area contributed by atoms with Crippen molar-refractivity contribution in [2.75, 3.05) is 32.9 Å². The van der Waals surface area contributed by atoms with Crippen molar-refractivity contribution in [3.05, 3.63) is 29.6 Å². The summed E-state index contributed by atoms with van der Waals surface area (Å²) >= 11 is 0. The van der Waals surface area contributed by atoms with E-state index in [0.29, 0.717) is 37.6 Å². The quantitative estimate of drug-likeness (QED) is 0.897. The molecule has 0 bridgehead atoms. The fourth-order valence-corrected chi connectivity index (χ4v) is 2.05. The molecule has 1 fully saturated rings. The Bertz CT molecular complexity index is 473. The zero-order valence-corrected chi connectivity index (χ0v) is 11.5. The van der Waals surface area contributed by atoms with Crippen molar-refractivity contribution in [2.24, 2.45) is 5.73 Å². The van der Waals surface area contributed by atoms with E-state index in [1.807, 2.05) is 0 Å². The highest BCUT2D eigenvalue weighted by molar-refractivity contribution is 5.77. The van der Waals surface area contributed by atoms with Crippen LogP contribution in [-0.4, -0.2) is 43.7 Å². The van der Waals surface area contributed by atoms with E-state index in [1.165, 1.54) is 12.1 Å². The normalized spacial score (nSPS) is 16.9. The minimum Gasteiger partial charge on any atom is -0.483 e. The number of morpholine rings is 1. The minimum absolute atomic E-state index is 0.122.